The largest absolute Gasteiger partial charge is 0.497 e. The highest BCUT2D eigenvalue weighted by Gasteiger charge is 2.29. The second kappa shape index (κ2) is 7.00. The number of amides is 1. The van der Waals surface area contributed by atoms with E-state index in [2.05, 4.69) is 15.5 Å². The molecule has 1 fully saturated rings. The molecule has 6 heteroatoms. The second-order valence-corrected chi connectivity index (χ2v) is 6.34. The van der Waals surface area contributed by atoms with Crippen LogP contribution in [0.4, 0.5) is 0 Å². The summed E-state index contributed by atoms with van der Waals surface area (Å²) in [7, 11) is 1.63. The minimum atomic E-state index is -0.126. The van der Waals surface area contributed by atoms with Crippen molar-refractivity contribution in [3.63, 3.8) is 0 Å². The lowest BCUT2D eigenvalue weighted by Crippen LogP contribution is -2.22. The normalized spacial score (nSPS) is 13.4. The molecule has 1 aromatic heterocycles. The lowest BCUT2D eigenvalue weighted by molar-refractivity contribution is 0.0951. The maximum Gasteiger partial charge on any atom is 0.251 e. The minimum absolute atomic E-state index is 0.126. The Balaban J connectivity index is 1.38. The Labute approximate surface area is 151 Å². The molecule has 0 aliphatic heterocycles. The number of ether oxygens (including phenoxy) is 1. The molecule has 2 aromatic carbocycles. The number of hydrogen-bond donors (Lipinski definition) is 1. The number of aromatic nitrogens is 2. The van der Waals surface area contributed by atoms with Crippen molar-refractivity contribution in [2.75, 3.05) is 7.11 Å². The molecule has 1 heterocycles. The fourth-order valence-corrected chi connectivity index (χ4v) is 2.65. The predicted octanol–water partition coefficient (Wildman–Crippen LogP) is 3.55. The zero-order valence-corrected chi connectivity index (χ0v) is 14.4. The summed E-state index contributed by atoms with van der Waals surface area (Å²) in [4.78, 5) is 16.7. The number of benzene rings is 2. The number of nitrogens with zero attached hydrogens (tertiary/aromatic N) is 2. The smallest absolute Gasteiger partial charge is 0.251 e. The summed E-state index contributed by atoms with van der Waals surface area (Å²) in [5.41, 5.74) is 2.44. The van der Waals surface area contributed by atoms with Crippen LogP contribution in [0.25, 0.3) is 11.4 Å². The molecule has 0 spiro atoms. The van der Waals surface area contributed by atoms with Gasteiger partial charge in [-0.05, 0) is 42.7 Å². The molecule has 3 aromatic rings. The van der Waals surface area contributed by atoms with Crippen LogP contribution in [0.2, 0.25) is 0 Å². The second-order valence-electron chi connectivity index (χ2n) is 6.34. The van der Waals surface area contributed by atoms with Gasteiger partial charge < -0.3 is 14.6 Å². The number of rotatable bonds is 6. The summed E-state index contributed by atoms with van der Waals surface area (Å²) in [6, 6.07) is 14.8. The maximum atomic E-state index is 12.3. The SMILES string of the molecule is COc1ccc(CNC(=O)c2ccc(-c3noc(C4CC4)n3)cc2)cc1. The first kappa shape index (κ1) is 16.3. The van der Waals surface area contributed by atoms with E-state index in [1.165, 1.54) is 0 Å². The molecule has 0 bridgehead atoms. The molecule has 0 unspecified atom stereocenters. The summed E-state index contributed by atoms with van der Waals surface area (Å²) in [6.07, 6.45) is 2.24. The molecule has 1 aliphatic rings. The van der Waals surface area contributed by atoms with Crippen LogP contribution in [0.3, 0.4) is 0 Å². The fraction of sp³-hybridized carbons (Fsp3) is 0.250. The van der Waals surface area contributed by atoms with Gasteiger partial charge in [0.25, 0.3) is 5.91 Å². The standard InChI is InChI=1S/C20H19N3O3/c1-25-17-10-2-13(3-11-17)12-21-19(24)15-6-4-14(5-7-15)18-22-20(26-23-18)16-8-9-16/h2-7,10-11,16H,8-9,12H2,1H3,(H,21,24). The molecule has 1 amide bonds. The van der Waals surface area contributed by atoms with Gasteiger partial charge in [-0.2, -0.15) is 4.98 Å². The quantitative estimate of drug-likeness (QED) is 0.736. The molecule has 0 saturated heterocycles. The lowest BCUT2D eigenvalue weighted by atomic mass is 10.1. The molecule has 6 nitrogen and oxygen atoms in total. The van der Waals surface area contributed by atoms with E-state index in [9.17, 15) is 4.79 Å². The first-order chi connectivity index (χ1) is 12.7. The van der Waals surface area contributed by atoms with Crippen molar-refractivity contribution in [1.82, 2.24) is 15.5 Å². The first-order valence-electron chi connectivity index (χ1n) is 8.58. The Morgan fingerprint density at radius 3 is 2.54 bits per heavy atom. The maximum absolute atomic E-state index is 12.3. The van der Waals surface area contributed by atoms with Gasteiger partial charge in [0.05, 0.1) is 7.11 Å². The summed E-state index contributed by atoms with van der Waals surface area (Å²) >= 11 is 0. The average molecular weight is 349 g/mol. The number of methoxy groups -OCH3 is 1. The van der Waals surface area contributed by atoms with Gasteiger partial charge in [0.1, 0.15) is 5.75 Å². The van der Waals surface area contributed by atoms with Crippen LogP contribution < -0.4 is 10.1 Å². The van der Waals surface area contributed by atoms with Crippen molar-refractivity contribution >= 4 is 5.91 Å². The monoisotopic (exact) mass is 349 g/mol. The van der Waals surface area contributed by atoms with Gasteiger partial charge in [-0.3, -0.25) is 4.79 Å². The van der Waals surface area contributed by atoms with Gasteiger partial charge >= 0.3 is 0 Å². The van der Waals surface area contributed by atoms with E-state index in [-0.39, 0.29) is 5.91 Å². The molecule has 0 radical (unpaired) electrons. The molecule has 132 valence electrons. The van der Waals surface area contributed by atoms with Crippen molar-refractivity contribution in [2.45, 2.75) is 25.3 Å². The van der Waals surface area contributed by atoms with E-state index in [4.69, 9.17) is 9.26 Å². The number of nitrogens with one attached hydrogen (secondary N) is 1. The number of carbonyl (C=O) groups excluding carboxylic acids is 1. The van der Waals surface area contributed by atoms with E-state index >= 15 is 0 Å². The van der Waals surface area contributed by atoms with Crippen molar-refractivity contribution in [2.24, 2.45) is 0 Å². The first-order valence-corrected chi connectivity index (χ1v) is 8.58. The van der Waals surface area contributed by atoms with Gasteiger partial charge in [0.15, 0.2) is 0 Å². The molecule has 1 aliphatic carbocycles. The van der Waals surface area contributed by atoms with E-state index in [1.54, 1.807) is 19.2 Å². The summed E-state index contributed by atoms with van der Waals surface area (Å²) in [5.74, 6) is 2.37. The van der Waals surface area contributed by atoms with Crippen molar-refractivity contribution < 1.29 is 14.1 Å². The molecular weight excluding hydrogens is 330 g/mol. The van der Waals surface area contributed by atoms with E-state index in [0.29, 0.717) is 29.7 Å². The topological polar surface area (TPSA) is 77.2 Å². The zero-order chi connectivity index (χ0) is 17.9. The van der Waals surface area contributed by atoms with E-state index in [0.717, 1.165) is 29.7 Å². The van der Waals surface area contributed by atoms with Crippen LogP contribution in [-0.2, 0) is 6.54 Å². The zero-order valence-electron chi connectivity index (χ0n) is 14.4. The summed E-state index contributed by atoms with van der Waals surface area (Å²) < 4.78 is 10.4. The van der Waals surface area contributed by atoms with Crippen LogP contribution in [0.5, 0.6) is 5.75 Å². The van der Waals surface area contributed by atoms with Gasteiger partial charge in [-0.25, -0.2) is 0 Å². The highest BCUT2D eigenvalue weighted by molar-refractivity contribution is 5.94. The average Bonchev–Trinajstić information content (AvgIpc) is 3.43. The van der Waals surface area contributed by atoms with Crippen molar-refractivity contribution in [1.29, 1.82) is 0 Å². The Morgan fingerprint density at radius 2 is 1.88 bits per heavy atom. The Bertz CT molecular complexity index is 897. The third kappa shape index (κ3) is 3.59. The van der Waals surface area contributed by atoms with Crippen LogP contribution in [0.15, 0.2) is 53.1 Å². The fourth-order valence-electron chi connectivity index (χ4n) is 2.65. The lowest BCUT2D eigenvalue weighted by Gasteiger charge is -2.07. The molecule has 4 rings (SSSR count). The highest BCUT2D eigenvalue weighted by Crippen LogP contribution is 2.39. The van der Waals surface area contributed by atoms with E-state index < -0.39 is 0 Å². The Hall–Kier alpha value is -3.15. The van der Waals surface area contributed by atoms with Gasteiger partial charge in [0, 0.05) is 23.6 Å². The van der Waals surface area contributed by atoms with Gasteiger partial charge in [-0.15, -0.1) is 0 Å². The molecule has 1 N–H and O–H groups in total. The number of hydrogen-bond acceptors (Lipinski definition) is 5. The van der Waals surface area contributed by atoms with Gasteiger partial charge in [-0.1, -0.05) is 29.4 Å². The van der Waals surface area contributed by atoms with Crippen LogP contribution in [0.1, 0.15) is 40.6 Å². The van der Waals surface area contributed by atoms with Crippen LogP contribution in [-0.4, -0.2) is 23.2 Å². The molecule has 0 atom stereocenters. The summed E-state index contributed by atoms with van der Waals surface area (Å²) in [6.45, 7) is 0.459. The Kier molecular flexibility index (Phi) is 4.39. The third-order valence-corrected chi connectivity index (χ3v) is 4.39. The Morgan fingerprint density at radius 1 is 1.15 bits per heavy atom. The molecule has 1 saturated carbocycles. The van der Waals surface area contributed by atoms with Crippen molar-refractivity contribution in [3.05, 3.63) is 65.5 Å². The van der Waals surface area contributed by atoms with E-state index in [1.807, 2.05) is 36.4 Å². The van der Waals surface area contributed by atoms with Crippen LogP contribution in [0, 0.1) is 0 Å². The highest BCUT2D eigenvalue weighted by atomic mass is 16.5. The van der Waals surface area contributed by atoms with Crippen molar-refractivity contribution in [3.8, 4) is 17.1 Å². The number of carbonyl (C=O) groups is 1. The third-order valence-electron chi connectivity index (χ3n) is 4.39. The summed E-state index contributed by atoms with van der Waals surface area (Å²) in [5, 5.41) is 6.93. The van der Waals surface area contributed by atoms with Crippen LogP contribution >= 0.6 is 0 Å². The van der Waals surface area contributed by atoms with Gasteiger partial charge in [0.2, 0.25) is 11.7 Å². The predicted molar refractivity (Wildman–Crippen MR) is 95.9 cm³/mol. The molecule has 26 heavy (non-hydrogen) atoms. The molecular formula is C20H19N3O3. The minimum Gasteiger partial charge on any atom is -0.497 e.